The van der Waals surface area contributed by atoms with E-state index in [0.29, 0.717) is 12.1 Å². The van der Waals surface area contributed by atoms with E-state index in [2.05, 4.69) is 40.2 Å². The van der Waals surface area contributed by atoms with Gasteiger partial charge in [0.15, 0.2) is 0 Å². The van der Waals surface area contributed by atoms with Gasteiger partial charge < -0.3 is 9.88 Å². The molecule has 0 fully saturated rings. The van der Waals surface area contributed by atoms with Crippen molar-refractivity contribution in [3.05, 3.63) is 102 Å². The van der Waals surface area contributed by atoms with Gasteiger partial charge in [-0.2, -0.15) is 0 Å². The number of benzene rings is 3. The average Bonchev–Trinajstić information content (AvgIpc) is 3.13. The molecule has 4 aromatic rings. The number of para-hydroxylation sites is 2. The molecule has 0 aliphatic rings. The van der Waals surface area contributed by atoms with Crippen LogP contribution in [0.4, 0.5) is 4.39 Å². The molecule has 4 nitrogen and oxygen atoms in total. The molecule has 1 heterocycles. The lowest BCUT2D eigenvalue weighted by atomic mass is 10.1. The topological polar surface area (TPSA) is 46.9 Å². The fourth-order valence-corrected chi connectivity index (χ4v) is 3.60. The normalized spacial score (nSPS) is 11.0. The number of rotatable bonds is 8. The molecule has 0 radical (unpaired) electrons. The van der Waals surface area contributed by atoms with Crippen molar-refractivity contribution in [2.45, 2.75) is 25.8 Å². The van der Waals surface area contributed by atoms with Crippen LogP contribution in [0.5, 0.6) is 0 Å². The van der Waals surface area contributed by atoms with Gasteiger partial charge in [-0.25, -0.2) is 9.37 Å². The first-order chi connectivity index (χ1) is 14.7. The molecule has 0 saturated carbocycles. The quantitative estimate of drug-likeness (QED) is 0.432. The van der Waals surface area contributed by atoms with Gasteiger partial charge in [0.25, 0.3) is 5.91 Å². The van der Waals surface area contributed by atoms with E-state index in [0.717, 1.165) is 42.7 Å². The fraction of sp³-hybridized carbons (Fsp3) is 0.200. The first-order valence-electron chi connectivity index (χ1n) is 10.2. The van der Waals surface area contributed by atoms with Crippen molar-refractivity contribution in [3.8, 4) is 0 Å². The molecule has 0 unspecified atom stereocenters. The summed E-state index contributed by atoms with van der Waals surface area (Å²) in [5, 5.41) is 2.90. The van der Waals surface area contributed by atoms with E-state index in [9.17, 15) is 9.18 Å². The Morgan fingerprint density at radius 1 is 0.900 bits per heavy atom. The molecule has 30 heavy (non-hydrogen) atoms. The lowest BCUT2D eigenvalue weighted by Crippen LogP contribution is -2.25. The van der Waals surface area contributed by atoms with Crippen molar-refractivity contribution < 1.29 is 9.18 Å². The van der Waals surface area contributed by atoms with Crippen molar-refractivity contribution in [2.75, 3.05) is 6.54 Å². The van der Waals surface area contributed by atoms with Crippen molar-refractivity contribution in [3.63, 3.8) is 0 Å². The van der Waals surface area contributed by atoms with Gasteiger partial charge in [0, 0.05) is 25.1 Å². The van der Waals surface area contributed by atoms with E-state index in [1.165, 1.54) is 29.8 Å². The lowest BCUT2D eigenvalue weighted by molar-refractivity contribution is 0.0953. The zero-order valence-electron chi connectivity index (χ0n) is 16.7. The number of hydrogen-bond acceptors (Lipinski definition) is 2. The van der Waals surface area contributed by atoms with Crippen molar-refractivity contribution in [1.29, 1.82) is 0 Å². The van der Waals surface area contributed by atoms with Crippen LogP contribution < -0.4 is 5.32 Å². The van der Waals surface area contributed by atoms with E-state index in [1.54, 1.807) is 0 Å². The molecule has 0 aliphatic heterocycles. The molecule has 0 aliphatic carbocycles. The van der Waals surface area contributed by atoms with E-state index in [-0.39, 0.29) is 11.7 Å². The monoisotopic (exact) mass is 401 g/mol. The number of nitrogens with zero attached hydrogens (tertiary/aromatic N) is 2. The van der Waals surface area contributed by atoms with E-state index >= 15 is 0 Å². The maximum Gasteiger partial charge on any atom is 0.251 e. The van der Waals surface area contributed by atoms with Crippen LogP contribution in [0.15, 0.2) is 78.9 Å². The van der Waals surface area contributed by atoms with Crippen LogP contribution >= 0.6 is 0 Å². The van der Waals surface area contributed by atoms with Crippen molar-refractivity contribution >= 4 is 16.9 Å². The van der Waals surface area contributed by atoms with E-state index < -0.39 is 0 Å². The number of fused-ring (bicyclic) bond motifs is 1. The molecule has 3 aromatic carbocycles. The van der Waals surface area contributed by atoms with Crippen molar-refractivity contribution in [1.82, 2.24) is 14.9 Å². The standard InChI is InChI=1S/C25H24FN3O/c26-21-14-12-20(13-15-21)25(30)27-17-6-11-24-28-22-9-4-5-10-23(22)29(24)18-16-19-7-2-1-3-8-19/h1-5,7-10,12-15H,6,11,16-18H2,(H,27,30). The highest BCUT2D eigenvalue weighted by molar-refractivity contribution is 5.94. The predicted molar refractivity (Wildman–Crippen MR) is 117 cm³/mol. The molecule has 0 atom stereocenters. The highest BCUT2D eigenvalue weighted by Gasteiger charge is 2.11. The van der Waals surface area contributed by atoms with Crippen LogP contribution in [-0.2, 0) is 19.4 Å². The van der Waals surface area contributed by atoms with Crippen LogP contribution in [0.25, 0.3) is 11.0 Å². The Morgan fingerprint density at radius 2 is 1.63 bits per heavy atom. The van der Waals surface area contributed by atoms with Crippen LogP contribution in [0.3, 0.4) is 0 Å². The minimum absolute atomic E-state index is 0.187. The maximum absolute atomic E-state index is 13.0. The first kappa shape index (κ1) is 19.8. The number of imidazole rings is 1. The summed E-state index contributed by atoms with van der Waals surface area (Å²) in [6.45, 7) is 1.40. The predicted octanol–water partition coefficient (Wildman–Crippen LogP) is 4.78. The van der Waals surface area contributed by atoms with Gasteiger partial charge in [-0.3, -0.25) is 4.79 Å². The Balaban J connectivity index is 1.39. The summed E-state index contributed by atoms with van der Waals surface area (Å²) >= 11 is 0. The molecule has 5 heteroatoms. The summed E-state index contributed by atoms with van der Waals surface area (Å²) in [7, 11) is 0. The number of nitrogens with one attached hydrogen (secondary N) is 1. The number of halogens is 1. The fourth-order valence-electron chi connectivity index (χ4n) is 3.60. The summed E-state index contributed by atoms with van der Waals surface area (Å²) in [6, 6.07) is 24.2. The summed E-state index contributed by atoms with van der Waals surface area (Å²) in [6.07, 6.45) is 2.49. The molecule has 152 valence electrons. The first-order valence-corrected chi connectivity index (χ1v) is 10.2. The third-order valence-electron chi connectivity index (χ3n) is 5.17. The third-order valence-corrected chi connectivity index (χ3v) is 5.17. The molecule has 0 spiro atoms. The van der Waals surface area contributed by atoms with Gasteiger partial charge in [0.05, 0.1) is 11.0 Å². The molecule has 4 rings (SSSR count). The molecule has 0 bridgehead atoms. The van der Waals surface area contributed by atoms with Gasteiger partial charge >= 0.3 is 0 Å². The summed E-state index contributed by atoms with van der Waals surface area (Å²) in [5.41, 5.74) is 3.90. The summed E-state index contributed by atoms with van der Waals surface area (Å²) < 4.78 is 15.3. The molecular weight excluding hydrogens is 377 g/mol. The molecule has 0 saturated heterocycles. The van der Waals surface area contributed by atoms with Crippen LogP contribution in [-0.4, -0.2) is 22.0 Å². The summed E-state index contributed by atoms with van der Waals surface area (Å²) in [4.78, 5) is 17.0. The average molecular weight is 401 g/mol. The van der Waals surface area contributed by atoms with Gasteiger partial charge in [-0.05, 0) is 54.8 Å². The Kier molecular flexibility index (Phi) is 6.18. The minimum Gasteiger partial charge on any atom is -0.352 e. The zero-order chi connectivity index (χ0) is 20.8. The van der Waals surface area contributed by atoms with Gasteiger partial charge in [-0.15, -0.1) is 0 Å². The lowest BCUT2D eigenvalue weighted by Gasteiger charge is -2.10. The summed E-state index contributed by atoms with van der Waals surface area (Å²) in [5.74, 6) is 0.497. The highest BCUT2D eigenvalue weighted by atomic mass is 19.1. The maximum atomic E-state index is 13.0. The molecule has 1 aromatic heterocycles. The number of aryl methyl sites for hydroxylation is 3. The van der Waals surface area contributed by atoms with Gasteiger partial charge in [0.1, 0.15) is 11.6 Å². The van der Waals surface area contributed by atoms with Crippen LogP contribution in [0.2, 0.25) is 0 Å². The number of hydrogen-bond donors (Lipinski definition) is 1. The second-order valence-electron chi connectivity index (χ2n) is 7.27. The van der Waals surface area contributed by atoms with Gasteiger partial charge in [0.2, 0.25) is 0 Å². The third kappa shape index (κ3) is 4.74. The second-order valence-corrected chi connectivity index (χ2v) is 7.27. The SMILES string of the molecule is O=C(NCCCc1nc2ccccc2n1CCc1ccccc1)c1ccc(F)cc1. The molecule has 1 N–H and O–H groups in total. The number of carbonyl (C=O) groups excluding carboxylic acids is 1. The highest BCUT2D eigenvalue weighted by Crippen LogP contribution is 2.18. The second kappa shape index (κ2) is 9.35. The largest absolute Gasteiger partial charge is 0.352 e. The Hall–Kier alpha value is -3.47. The molecular formula is C25H24FN3O. The Bertz CT molecular complexity index is 1120. The smallest absolute Gasteiger partial charge is 0.251 e. The Labute approximate surface area is 175 Å². The van der Waals surface area contributed by atoms with Crippen LogP contribution in [0, 0.1) is 5.82 Å². The van der Waals surface area contributed by atoms with E-state index in [4.69, 9.17) is 4.98 Å². The van der Waals surface area contributed by atoms with Crippen LogP contribution in [0.1, 0.15) is 28.2 Å². The molecule has 1 amide bonds. The van der Waals surface area contributed by atoms with E-state index in [1.807, 2.05) is 24.3 Å². The minimum atomic E-state index is -0.346. The van der Waals surface area contributed by atoms with Gasteiger partial charge in [-0.1, -0.05) is 42.5 Å². The zero-order valence-corrected chi connectivity index (χ0v) is 16.7. The number of amides is 1. The Morgan fingerprint density at radius 3 is 2.43 bits per heavy atom. The number of aromatic nitrogens is 2. The van der Waals surface area contributed by atoms with Crippen molar-refractivity contribution in [2.24, 2.45) is 0 Å². The number of carbonyl (C=O) groups is 1.